The molecule has 0 saturated carbocycles. The summed E-state index contributed by atoms with van der Waals surface area (Å²) in [5.74, 6) is -0.246. The van der Waals surface area contributed by atoms with Crippen LogP contribution in [0.4, 0.5) is 4.39 Å². The smallest absolute Gasteiger partial charge is 0.150 e. The highest BCUT2D eigenvalue weighted by molar-refractivity contribution is 7.14. The van der Waals surface area contributed by atoms with Gasteiger partial charge in [0.25, 0.3) is 0 Å². The molecule has 5 heteroatoms. The molecule has 0 bridgehead atoms. The number of hydrogen-bond donors (Lipinski definition) is 1. The van der Waals surface area contributed by atoms with Crippen LogP contribution in [0.1, 0.15) is 32.2 Å². The van der Waals surface area contributed by atoms with Gasteiger partial charge >= 0.3 is 0 Å². The minimum absolute atomic E-state index is 0.138. The average molecular weight is 293 g/mol. The quantitative estimate of drug-likeness (QED) is 0.855. The van der Waals surface area contributed by atoms with Gasteiger partial charge in [0.05, 0.1) is 0 Å². The molecule has 0 atom stereocenters. The van der Waals surface area contributed by atoms with Gasteiger partial charge in [-0.3, -0.25) is 0 Å². The lowest BCUT2D eigenvalue weighted by atomic mass is 10.1. The molecular weight excluding hydrogens is 273 g/mol. The van der Waals surface area contributed by atoms with E-state index in [-0.39, 0.29) is 11.4 Å². The molecule has 0 amide bonds. The lowest BCUT2D eigenvalue weighted by Gasteiger charge is -2.20. The summed E-state index contributed by atoms with van der Waals surface area (Å²) in [6, 6.07) is 6.68. The van der Waals surface area contributed by atoms with Crippen molar-refractivity contribution in [2.24, 2.45) is 0 Å². The van der Waals surface area contributed by atoms with Gasteiger partial charge in [0.15, 0.2) is 5.01 Å². The zero-order valence-electron chi connectivity index (χ0n) is 12.1. The topological polar surface area (TPSA) is 37.8 Å². The molecular formula is C15H20FN3S. The Balaban J connectivity index is 1.92. The monoisotopic (exact) mass is 293 g/mol. The minimum Gasteiger partial charge on any atom is -0.312 e. The first-order chi connectivity index (χ1) is 9.46. The van der Waals surface area contributed by atoms with Gasteiger partial charge in [0, 0.05) is 17.5 Å². The summed E-state index contributed by atoms with van der Waals surface area (Å²) < 4.78 is 13.7. The molecule has 1 aromatic heterocycles. The van der Waals surface area contributed by atoms with E-state index in [9.17, 15) is 4.39 Å². The Kier molecular flexibility index (Phi) is 4.83. The molecule has 0 fully saturated rings. The molecule has 0 aliphatic rings. The molecule has 0 spiro atoms. The fraction of sp³-hybridized carbons (Fsp3) is 0.467. The van der Waals surface area contributed by atoms with Crippen molar-refractivity contribution in [2.75, 3.05) is 6.54 Å². The first-order valence-electron chi connectivity index (χ1n) is 6.78. The maximum atomic E-state index is 13.7. The molecule has 108 valence electrons. The van der Waals surface area contributed by atoms with Gasteiger partial charge in [-0.1, -0.05) is 23.5 Å². The van der Waals surface area contributed by atoms with Crippen LogP contribution in [0.15, 0.2) is 24.3 Å². The van der Waals surface area contributed by atoms with Gasteiger partial charge in [0.1, 0.15) is 10.8 Å². The average Bonchev–Trinajstić information content (AvgIpc) is 2.83. The van der Waals surface area contributed by atoms with Crippen LogP contribution in [0.5, 0.6) is 0 Å². The third-order valence-electron chi connectivity index (χ3n) is 2.79. The highest BCUT2D eigenvalue weighted by atomic mass is 32.1. The van der Waals surface area contributed by atoms with E-state index < -0.39 is 0 Å². The van der Waals surface area contributed by atoms with Crippen molar-refractivity contribution in [2.45, 2.75) is 39.2 Å². The molecule has 1 aromatic carbocycles. The van der Waals surface area contributed by atoms with Gasteiger partial charge in [-0.25, -0.2) is 4.39 Å². The predicted molar refractivity (Wildman–Crippen MR) is 81.4 cm³/mol. The third kappa shape index (κ3) is 4.35. The Morgan fingerprint density at radius 1 is 1.20 bits per heavy atom. The van der Waals surface area contributed by atoms with Gasteiger partial charge in [-0.15, -0.1) is 10.2 Å². The molecule has 0 aliphatic heterocycles. The van der Waals surface area contributed by atoms with E-state index in [0.717, 1.165) is 24.4 Å². The van der Waals surface area contributed by atoms with Crippen LogP contribution in [0.2, 0.25) is 0 Å². The number of benzene rings is 1. The molecule has 1 heterocycles. The summed E-state index contributed by atoms with van der Waals surface area (Å²) in [7, 11) is 0. The number of aromatic nitrogens is 2. The largest absolute Gasteiger partial charge is 0.312 e. The summed E-state index contributed by atoms with van der Waals surface area (Å²) in [4.78, 5) is 0. The summed E-state index contributed by atoms with van der Waals surface area (Å²) in [6.45, 7) is 7.38. The highest BCUT2D eigenvalue weighted by Gasteiger charge is 2.11. The summed E-state index contributed by atoms with van der Waals surface area (Å²) in [5, 5.41) is 13.3. The minimum atomic E-state index is -0.246. The molecule has 3 nitrogen and oxygen atoms in total. The first-order valence-corrected chi connectivity index (χ1v) is 7.60. The molecule has 2 aromatic rings. The second-order valence-corrected chi connectivity index (χ2v) is 6.82. The lowest BCUT2D eigenvalue weighted by molar-refractivity contribution is 0.422. The van der Waals surface area contributed by atoms with Gasteiger partial charge < -0.3 is 5.32 Å². The Bertz CT molecular complexity index is 560. The van der Waals surface area contributed by atoms with E-state index in [1.807, 2.05) is 6.07 Å². The normalized spacial score (nSPS) is 11.8. The fourth-order valence-electron chi connectivity index (χ4n) is 1.80. The van der Waals surface area contributed by atoms with Gasteiger partial charge in [0.2, 0.25) is 0 Å². The second-order valence-electron chi connectivity index (χ2n) is 5.76. The zero-order chi connectivity index (χ0) is 14.6. The van der Waals surface area contributed by atoms with E-state index in [2.05, 4.69) is 36.3 Å². The maximum absolute atomic E-state index is 13.7. The molecule has 20 heavy (non-hydrogen) atoms. The van der Waals surface area contributed by atoms with Crippen LogP contribution in [-0.2, 0) is 6.42 Å². The molecule has 2 rings (SSSR count). The predicted octanol–water partition coefficient (Wildman–Crippen LogP) is 3.66. The second kappa shape index (κ2) is 6.41. The molecule has 0 aliphatic carbocycles. The molecule has 0 unspecified atom stereocenters. The van der Waals surface area contributed by atoms with E-state index in [4.69, 9.17) is 0 Å². The number of rotatable bonds is 5. The number of hydrogen-bond acceptors (Lipinski definition) is 4. The SMILES string of the molecule is CC(C)(C)NCCCc1nnc(-c2ccccc2F)s1. The van der Waals surface area contributed by atoms with Gasteiger partial charge in [-0.05, 0) is 45.9 Å². The maximum Gasteiger partial charge on any atom is 0.150 e. The van der Waals surface area contributed by atoms with Crippen LogP contribution in [0.25, 0.3) is 10.6 Å². The van der Waals surface area contributed by atoms with Crippen molar-refractivity contribution in [3.63, 3.8) is 0 Å². The highest BCUT2D eigenvalue weighted by Crippen LogP contribution is 2.26. The molecule has 0 radical (unpaired) electrons. The van der Waals surface area contributed by atoms with E-state index in [1.54, 1.807) is 12.1 Å². The Morgan fingerprint density at radius 3 is 2.65 bits per heavy atom. The molecule has 1 N–H and O–H groups in total. The first kappa shape index (κ1) is 15.1. The van der Waals surface area contributed by atoms with Crippen molar-refractivity contribution < 1.29 is 4.39 Å². The third-order valence-corrected chi connectivity index (χ3v) is 3.81. The summed E-state index contributed by atoms with van der Waals surface area (Å²) in [6.07, 6.45) is 1.87. The van der Waals surface area contributed by atoms with Crippen LogP contribution in [-0.4, -0.2) is 22.3 Å². The van der Waals surface area contributed by atoms with Gasteiger partial charge in [-0.2, -0.15) is 0 Å². The van der Waals surface area contributed by atoms with Crippen molar-refractivity contribution in [1.82, 2.24) is 15.5 Å². The number of nitrogens with zero attached hydrogens (tertiary/aromatic N) is 2. The Hall–Kier alpha value is -1.33. The van der Waals surface area contributed by atoms with E-state index in [0.29, 0.717) is 10.6 Å². The van der Waals surface area contributed by atoms with Crippen molar-refractivity contribution in [3.05, 3.63) is 35.1 Å². The van der Waals surface area contributed by atoms with Crippen LogP contribution >= 0.6 is 11.3 Å². The van der Waals surface area contributed by atoms with Crippen LogP contribution in [0, 0.1) is 5.82 Å². The zero-order valence-corrected chi connectivity index (χ0v) is 12.9. The summed E-state index contributed by atoms with van der Waals surface area (Å²) >= 11 is 1.47. The van der Waals surface area contributed by atoms with Crippen molar-refractivity contribution >= 4 is 11.3 Å². The standard InChI is InChI=1S/C15H20FN3S/c1-15(2,3)17-10-6-9-13-18-19-14(20-13)11-7-4-5-8-12(11)16/h4-5,7-8,17H,6,9-10H2,1-3H3. The van der Waals surface area contributed by atoms with Crippen LogP contribution < -0.4 is 5.32 Å². The number of halogens is 1. The Morgan fingerprint density at radius 2 is 1.95 bits per heavy atom. The fourth-order valence-corrected chi connectivity index (χ4v) is 2.71. The lowest BCUT2D eigenvalue weighted by Crippen LogP contribution is -2.36. The van der Waals surface area contributed by atoms with E-state index in [1.165, 1.54) is 17.4 Å². The summed E-state index contributed by atoms with van der Waals surface area (Å²) in [5.41, 5.74) is 0.670. The molecule has 0 saturated heterocycles. The van der Waals surface area contributed by atoms with Crippen molar-refractivity contribution in [3.8, 4) is 10.6 Å². The number of nitrogens with one attached hydrogen (secondary N) is 1. The number of aryl methyl sites for hydroxylation is 1. The Labute approximate surface area is 123 Å². The van der Waals surface area contributed by atoms with Crippen LogP contribution in [0.3, 0.4) is 0 Å². The van der Waals surface area contributed by atoms with E-state index >= 15 is 0 Å². The van der Waals surface area contributed by atoms with Crippen molar-refractivity contribution in [1.29, 1.82) is 0 Å².